The SMILES string of the molecule is CCCc1ccc(CNC2CCN([S+]([O-])c3ccc(CNC(=O)c4ccc(Cl)cc4)s3)CC2)cc1. The Morgan fingerprint density at radius 3 is 2.40 bits per heavy atom. The molecule has 1 aliphatic heterocycles. The topological polar surface area (TPSA) is 67.4 Å². The van der Waals surface area contributed by atoms with Gasteiger partial charge in [-0.1, -0.05) is 60.5 Å². The number of benzene rings is 2. The van der Waals surface area contributed by atoms with Gasteiger partial charge in [-0.3, -0.25) is 4.79 Å². The standard InChI is InChI=1S/C27H32ClN3O2S2/c1-2-3-20-4-6-21(7-5-20)18-29-24-14-16-31(17-15-24)35(33)26-13-12-25(34-26)19-30-27(32)22-8-10-23(28)11-9-22/h4-13,24,29H,2-3,14-19H2,1H3,(H,30,32). The Labute approximate surface area is 220 Å². The molecular formula is C27H32ClN3O2S2. The molecule has 5 nitrogen and oxygen atoms in total. The van der Waals surface area contributed by atoms with Crippen LogP contribution in [0.2, 0.25) is 5.02 Å². The maximum absolute atomic E-state index is 13.1. The molecule has 186 valence electrons. The lowest BCUT2D eigenvalue weighted by Gasteiger charge is -2.31. The van der Waals surface area contributed by atoms with E-state index in [0.717, 1.165) is 48.0 Å². The number of carbonyl (C=O) groups is 1. The number of nitrogens with zero attached hydrogens (tertiary/aromatic N) is 1. The van der Waals surface area contributed by atoms with Gasteiger partial charge in [0.15, 0.2) is 0 Å². The summed E-state index contributed by atoms with van der Waals surface area (Å²) in [4.78, 5) is 13.3. The summed E-state index contributed by atoms with van der Waals surface area (Å²) in [5, 5.41) is 7.18. The van der Waals surface area contributed by atoms with Crippen molar-refractivity contribution in [3.05, 3.63) is 87.3 Å². The van der Waals surface area contributed by atoms with Gasteiger partial charge >= 0.3 is 0 Å². The number of piperidine rings is 1. The Bertz CT molecular complexity index is 1080. The molecule has 1 atom stereocenters. The molecule has 0 saturated carbocycles. The van der Waals surface area contributed by atoms with E-state index in [9.17, 15) is 9.35 Å². The second-order valence-corrected chi connectivity index (χ2v) is 12.1. The van der Waals surface area contributed by atoms with Crippen molar-refractivity contribution in [2.75, 3.05) is 13.1 Å². The fourth-order valence-corrected chi connectivity index (χ4v) is 6.85. The normalized spacial score (nSPS) is 15.7. The summed E-state index contributed by atoms with van der Waals surface area (Å²) in [6.45, 7) is 5.10. The number of halogens is 1. The van der Waals surface area contributed by atoms with E-state index in [0.29, 0.717) is 23.2 Å². The molecular weight excluding hydrogens is 498 g/mol. The fourth-order valence-electron chi connectivity index (χ4n) is 4.15. The zero-order valence-corrected chi connectivity index (χ0v) is 22.4. The Kier molecular flexibility index (Phi) is 9.66. The molecule has 2 aromatic carbocycles. The van der Waals surface area contributed by atoms with Gasteiger partial charge < -0.3 is 15.2 Å². The molecule has 4 rings (SSSR count). The summed E-state index contributed by atoms with van der Waals surface area (Å²) in [5.74, 6) is -0.149. The maximum atomic E-state index is 13.1. The molecule has 1 saturated heterocycles. The molecule has 1 amide bonds. The van der Waals surface area contributed by atoms with Gasteiger partial charge in [-0.05, 0) is 60.7 Å². The van der Waals surface area contributed by atoms with E-state index in [1.165, 1.54) is 28.9 Å². The second kappa shape index (κ2) is 12.9. The summed E-state index contributed by atoms with van der Waals surface area (Å²) in [6, 6.07) is 20.0. The summed E-state index contributed by atoms with van der Waals surface area (Å²) < 4.78 is 16.0. The Balaban J connectivity index is 1.20. The summed E-state index contributed by atoms with van der Waals surface area (Å²) in [5.41, 5.74) is 3.28. The minimum atomic E-state index is -1.16. The van der Waals surface area contributed by atoms with Crippen LogP contribution in [0, 0.1) is 0 Å². The van der Waals surface area contributed by atoms with Crippen LogP contribution in [0.5, 0.6) is 0 Å². The molecule has 0 bridgehead atoms. The third-order valence-electron chi connectivity index (χ3n) is 6.18. The van der Waals surface area contributed by atoms with Gasteiger partial charge in [0.2, 0.25) is 4.21 Å². The molecule has 2 N–H and O–H groups in total. The number of carbonyl (C=O) groups excluding carboxylic acids is 1. The number of aryl methyl sites for hydroxylation is 1. The summed E-state index contributed by atoms with van der Waals surface area (Å²) in [6.07, 6.45) is 4.27. The Morgan fingerprint density at radius 1 is 1.03 bits per heavy atom. The molecule has 35 heavy (non-hydrogen) atoms. The average molecular weight is 530 g/mol. The zero-order valence-electron chi connectivity index (χ0n) is 20.0. The predicted octanol–water partition coefficient (Wildman–Crippen LogP) is 5.56. The highest BCUT2D eigenvalue weighted by molar-refractivity contribution is 7.91. The van der Waals surface area contributed by atoms with Crippen molar-refractivity contribution in [1.29, 1.82) is 0 Å². The van der Waals surface area contributed by atoms with E-state index in [1.807, 2.05) is 12.1 Å². The van der Waals surface area contributed by atoms with Gasteiger partial charge in [-0.25, -0.2) is 0 Å². The zero-order chi connectivity index (χ0) is 24.6. The van der Waals surface area contributed by atoms with E-state index in [1.54, 1.807) is 24.3 Å². The lowest BCUT2D eigenvalue weighted by molar-refractivity contribution is 0.0951. The molecule has 1 fully saturated rings. The molecule has 1 aliphatic rings. The molecule has 0 spiro atoms. The number of hydrogen-bond donors (Lipinski definition) is 2. The van der Waals surface area contributed by atoms with E-state index in [4.69, 9.17) is 11.6 Å². The number of thiophene rings is 1. The molecule has 2 heterocycles. The van der Waals surface area contributed by atoms with Crippen molar-refractivity contribution in [3.63, 3.8) is 0 Å². The third-order valence-corrected chi connectivity index (χ3v) is 9.31. The van der Waals surface area contributed by atoms with Gasteiger partial charge in [0.1, 0.15) is 0 Å². The number of hydrogen-bond acceptors (Lipinski definition) is 5. The molecule has 0 radical (unpaired) electrons. The van der Waals surface area contributed by atoms with Crippen molar-refractivity contribution in [3.8, 4) is 0 Å². The monoisotopic (exact) mass is 529 g/mol. The average Bonchev–Trinajstić information content (AvgIpc) is 3.36. The second-order valence-electron chi connectivity index (χ2n) is 8.81. The molecule has 0 aliphatic carbocycles. The van der Waals surface area contributed by atoms with Crippen molar-refractivity contribution in [2.24, 2.45) is 0 Å². The quantitative estimate of drug-likeness (QED) is 0.337. The Morgan fingerprint density at radius 2 is 1.71 bits per heavy atom. The number of rotatable bonds is 10. The molecule has 1 unspecified atom stereocenters. The van der Waals surface area contributed by atoms with Crippen molar-refractivity contribution in [2.45, 2.75) is 55.9 Å². The van der Waals surface area contributed by atoms with Crippen molar-refractivity contribution in [1.82, 2.24) is 14.9 Å². The van der Waals surface area contributed by atoms with Crippen LogP contribution in [-0.2, 0) is 30.9 Å². The third kappa shape index (κ3) is 7.56. The van der Waals surface area contributed by atoms with Gasteiger partial charge in [-0.15, -0.1) is 4.31 Å². The largest absolute Gasteiger partial charge is 0.592 e. The van der Waals surface area contributed by atoms with E-state index in [-0.39, 0.29) is 5.91 Å². The fraction of sp³-hybridized carbons (Fsp3) is 0.370. The first-order chi connectivity index (χ1) is 17.0. The maximum Gasteiger partial charge on any atom is 0.251 e. The smallest absolute Gasteiger partial charge is 0.251 e. The van der Waals surface area contributed by atoms with Gasteiger partial charge in [0, 0.05) is 47.2 Å². The lowest BCUT2D eigenvalue weighted by Crippen LogP contribution is -2.44. The number of amides is 1. The van der Waals surface area contributed by atoms with Gasteiger partial charge in [0.05, 0.1) is 17.9 Å². The minimum absolute atomic E-state index is 0.149. The van der Waals surface area contributed by atoms with Crippen LogP contribution in [0.15, 0.2) is 64.9 Å². The molecule has 3 aromatic rings. The molecule has 8 heteroatoms. The first kappa shape index (κ1) is 26.2. The van der Waals surface area contributed by atoms with Crippen molar-refractivity contribution < 1.29 is 9.35 Å². The van der Waals surface area contributed by atoms with Crippen LogP contribution >= 0.6 is 22.9 Å². The Hall–Kier alpha value is -1.87. The van der Waals surface area contributed by atoms with Crippen LogP contribution in [0.25, 0.3) is 0 Å². The highest BCUT2D eigenvalue weighted by atomic mass is 35.5. The minimum Gasteiger partial charge on any atom is -0.592 e. The van der Waals surface area contributed by atoms with E-state index < -0.39 is 11.4 Å². The van der Waals surface area contributed by atoms with Gasteiger partial charge in [0.25, 0.3) is 5.91 Å². The predicted molar refractivity (Wildman–Crippen MR) is 145 cm³/mol. The van der Waals surface area contributed by atoms with Crippen LogP contribution in [0.3, 0.4) is 0 Å². The number of nitrogens with one attached hydrogen (secondary N) is 2. The first-order valence-corrected chi connectivity index (χ1v) is 14.4. The van der Waals surface area contributed by atoms with Crippen molar-refractivity contribution >= 4 is 40.2 Å². The first-order valence-electron chi connectivity index (χ1n) is 12.1. The van der Waals surface area contributed by atoms with Gasteiger partial charge in [-0.2, -0.15) is 0 Å². The summed E-state index contributed by atoms with van der Waals surface area (Å²) in [7, 11) is 0. The van der Waals surface area contributed by atoms with E-state index >= 15 is 0 Å². The van der Waals surface area contributed by atoms with Crippen LogP contribution in [0.4, 0.5) is 0 Å². The van der Waals surface area contributed by atoms with E-state index in [2.05, 4.69) is 46.1 Å². The van der Waals surface area contributed by atoms with Crippen LogP contribution < -0.4 is 10.6 Å². The highest BCUT2D eigenvalue weighted by Crippen LogP contribution is 2.27. The highest BCUT2D eigenvalue weighted by Gasteiger charge is 2.29. The summed E-state index contributed by atoms with van der Waals surface area (Å²) >= 11 is 6.21. The lowest BCUT2D eigenvalue weighted by atomic mass is 10.1. The van der Waals surface area contributed by atoms with Crippen LogP contribution in [0.1, 0.15) is 52.5 Å². The molecule has 1 aromatic heterocycles. The van der Waals surface area contributed by atoms with Crippen LogP contribution in [-0.4, -0.2) is 33.9 Å².